The summed E-state index contributed by atoms with van der Waals surface area (Å²) in [5.74, 6) is -9.75. The number of rotatable bonds is 2. The summed E-state index contributed by atoms with van der Waals surface area (Å²) < 4.78 is 76.7. The Kier molecular flexibility index (Phi) is 3.41. The summed E-state index contributed by atoms with van der Waals surface area (Å²) in [6.45, 7) is 0.992. The van der Waals surface area contributed by atoms with Gasteiger partial charge >= 0.3 is 11.8 Å². The van der Waals surface area contributed by atoms with Gasteiger partial charge in [0.1, 0.15) is 17.3 Å². The lowest BCUT2D eigenvalue weighted by Gasteiger charge is -2.31. The first-order chi connectivity index (χ1) is 12.5. The Balaban J connectivity index is 1.89. The van der Waals surface area contributed by atoms with Gasteiger partial charge in [0.15, 0.2) is 0 Å². The summed E-state index contributed by atoms with van der Waals surface area (Å²) in [4.78, 5) is 0. The molecule has 0 amide bonds. The lowest BCUT2D eigenvalue weighted by molar-refractivity contribution is -0.237. The van der Waals surface area contributed by atoms with Crippen LogP contribution < -0.4 is 4.74 Å². The van der Waals surface area contributed by atoms with E-state index in [1.807, 2.05) is 0 Å². The molecule has 0 spiro atoms. The molecule has 8 heteroatoms. The number of halogens is 5. The molecule has 0 heterocycles. The van der Waals surface area contributed by atoms with Gasteiger partial charge in [-0.2, -0.15) is 22.8 Å². The molecule has 2 aliphatic rings. The molecule has 2 aromatic carbocycles. The molecule has 1 N–H and O–H groups in total. The average Bonchev–Trinajstić information content (AvgIpc) is 2.92. The van der Waals surface area contributed by atoms with E-state index in [2.05, 4.69) is 0 Å². The van der Waals surface area contributed by atoms with Crippen LogP contribution in [0.25, 0.3) is 0 Å². The van der Waals surface area contributed by atoms with Crippen molar-refractivity contribution in [3.8, 4) is 17.6 Å². The summed E-state index contributed by atoms with van der Waals surface area (Å²) in [5, 5.41) is 19.2. The van der Waals surface area contributed by atoms with Crippen molar-refractivity contribution in [1.29, 1.82) is 5.26 Å². The van der Waals surface area contributed by atoms with Crippen molar-refractivity contribution in [3.63, 3.8) is 0 Å². The van der Waals surface area contributed by atoms with Crippen LogP contribution in [0.15, 0.2) is 30.3 Å². The number of nitriles is 1. The predicted octanol–water partition coefficient (Wildman–Crippen LogP) is 4.93. The molecular weight excluding hydrogens is 369 g/mol. The van der Waals surface area contributed by atoms with Crippen molar-refractivity contribution in [2.24, 2.45) is 0 Å². The maximum absolute atomic E-state index is 14.5. The van der Waals surface area contributed by atoms with Gasteiger partial charge in [-0.05, 0) is 43.2 Å². The van der Waals surface area contributed by atoms with E-state index >= 15 is 0 Å². The van der Waals surface area contributed by atoms with E-state index in [-0.39, 0.29) is 28.2 Å². The Labute approximate surface area is 150 Å². The minimum Gasteiger partial charge on any atom is -0.457 e. The van der Waals surface area contributed by atoms with Gasteiger partial charge in [-0.3, -0.25) is 0 Å². The highest BCUT2D eigenvalue weighted by atomic mass is 19.3. The van der Waals surface area contributed by atoms with Crippen LogP contribution in [0.1, 0.15) is 41.7 Å². The van der Waals surface area contributed by atoms with Gasteiger partial charge in [-0.25, -0.2) is 4.39 Å². The summed E-state index contributed by atoms with van der Waals surface area (Å²) in [5.41, 5.74) is -3.62. The minimum absolute atomic E-state index is 0.0361. The summed E-state index contributed by atoms with van der Waals surface area (Å²) in [6.07, 6.45) is -2.03. The quantitative estimate of drug-likeness (QED) is 0.751. The Morgan fingerprint density at radius 2 is 1.89 bits per heavy atom. The van der Waals surface area contributed by atoms with E-state index in [1.54, 1.807) is 6.07 Å². The highest BCUT2D eigenvalue weighted by molar-refractivity contribution is 5.61. The Morgan fingerprint density at radius 1 is 1.19 bits per heavy atom. The fourth-order valence-corrected chi connectivity index (χ4v) is 4.08. The molecule has 2 aromatic rings. The molecule has 0 radical (unpaired) electrons. The van der Waals surface area contributed by atoms with E-state index in [9.17, 15) is 27.1 Å². The maximum atomic E-state index is 14.5. The SMILES string of the molecule is C[C@]12C[C@@H](O)c3c(Oc4cc(F)cc(C#N)c4)ccc(c31)C(F)(F)C2(F)F. The number of hydrogen-bond acceptors (Lipinski definition) is 3. The largest absolute Gasteiger partial charge is 0.457 e. The van der Waals surface area contributed by atoms with Crippen LogP contribution in [0.5, 0.6) is 11.5 Å². The number of nitrogens with zero attached hydrogens (tertiary/aromatic N) is 1. The summed E-state index contributed by atoms with van der Waals surface area (Å²) in [6, 6.07) is 6.79. The smallest absolute Gasteiger partial charge is 0.336 e. The molecule has 0 saturated heterocycles. The molecule has 140 valence electrons. The zero-order chi connectivity index (χ0) is 19.8. The number of hydrogen-bond donors (Lipinski definition) is 1. The second kappa shape index (κ2) is 5.20. The van der Waals surface area contributed by atoms with Crippen molar-refractivity contribution >= 4 is 0 Å². The number of ether oxygens (including phenoxy) is 1. The van der Waals surface area contributed by atoms with Crippen molar-refractivity contribution in [1.82, 2.24) is 0 Å². The molecule has 2 aliphatic carbocycles. The van der Waals surface area contributed by atoms with Crippen molar-refractivity contribution in [3.05, 3.63) is 58.4 Å². The number of aliphatic hydroxyl groups is 1. The second-order valence-electron chi connectivity index (χ2n) is 6.99. The molecule has 27 heavy (non-hydrogen) atoms. The molecule has 0 aromatic heterocycles. The van der Waals surface area contributed by atoms with Crippen LogP contribution in [0.2, 0.25) is 0 Å². The maximum Gasteiger partial charge on any atom is 0.336 e. The van der Waals surface area contributed by atoms with Crippen LogP contribution in [-0.4, -0.2) is 11.0 Å². The van der Waals surface area contributed by atoms with Gasteiger partial charge in [0, 0.05) is 17.2 Å². The monoisotopic (exact) mass is 381 g/mol. The van der Waals surface area contributed by atoms with Gasteiger partial charge in [0.2, 0.25) is 0 Å². The molecule has 0 saturated carbocycles. The number of aliphatic hydroxyl groups excluding tert-OH is 1. The van der Waals surface area contributed by atoms with Gasteiger partial charge < -0.3 is 9.84 Å². The van der Waals surface area contributed by atoms with Crippen LogP contribution in [0.3, 0.4) is 0 Å². The van der Waals surface area contributed by atoms with E-state index in [0.717, 1.165) is 31.2 Å². The van der Waals surface area contributed by atoms with Crippen LogP contribution in [0.4, 0.5) is 22.0 Å². The third kappa shape index (κ3) is 2.09. The van der Waals surface area contributed by atoms with Crippen molar-refractivity contribution < 1.29 is 31.8 Å². The minimum atomic E-state index is -4.38. The van der Waals surface area contributed by atoms with E-state index in [4.69, 9.17) is 10.00 Å². The average molecular weight is 381 g/mol. The molecule has 0 bridgehead atoms. The lowest BCUT2D eigenvalue weighted by Crippen LogP contribution is -2.46. The number of benzene rings is 2. The van der Waals surface area contributed by atoms with Crippen LogP contribution >= 0.6 is 0 Å². The highest BCUT2D eigenvalue weighted by Gasteiger charge is 2.76. The summed E-state index contributed by atoms with van der Waals surface area (Å²) >= 11 is 0. The van der Waals surface area contributed by atoms with Crippen LogP contribution in [0, 0.1) is 17.1 Å². The predicted molar refractivity (Wildman–Crippen MR) is 83.4 cm³/mol. The molecule has 3 nitrogen and oxygen atoms in total. The normalized spacial score (nSPS) is 26.5. The second-order valence-corrected chi connectivity index (χ2v) is 6.99. The zero-order valence-electron chi connectivity index (χ0n) is 13.9. The molecular formula is C19H12F5NO2. The van der Waals surface area contributed by atoms with Gasteiger partial charge in [0.05, 0.1) is 23.2 Å². The standard InChI is InChI=1S/C19H12F5NO2/c1-17-7-13(26)15-14(27-11-5-9(8-25)4-10(20)6-11)3-2-12(16(15)17)18(21,22)19(17,23)24/h2-6,13,26H,7H2,1H3/t13-,17+/m1/s1. The first-order valence-corrected chi connectivity index (χ1v) is 8.03. The van der Waals surface area contributed by atoms with Gasteiger partial charge in [0.25, 0.3) is 0 Å². The topological polar surface area (TPSA) is 53.2 Å². The Morgan fingerprint density at radius 3 is 2.56 bits per heavy atom. The molecule has 2 atom stereocenters. The lowest BCUT2D eigenvalue weighted by atomic mass is 9.82. The van der Waals surface area contributed by atoms with Gasteiger partial charge in [-0.15, -0.1) is 0 Å². The molecule has 4 rings (SSSR count). The van der Waals surface area contributed by atoms with E-state index < -0.39 is 41.2 Å². The fraction of sp³-hybridized carbons (Fsp3) is 0.316. The zero-order valence-corrected chi connectivity index (χ0v) is 13.9. The Hall–Kier alpha value is -2.66. The number of alkyl halides is 4. The summed E-state index contributed by atoms with van der Waals surface area (Å²) in [7, 11) is 0. The molecule has 0 aliphatic heterocycles. The van der Waals surface area contributed by atoms with Crippen molar-refractivity contribution in [2.45, 2.75) is 36.7 Å². The Bertz CT molecular complexity index is 1010. The van der Waals surface area contributed by atoms with Crippen LogP contribution in [-0.2, 0) is 11.3 Å². The molecule has 0 fully saturated rings. The van der Waals surface area contributed by atoms with Crippen molar-refractivity contribution in [2.75, 3.05) is 0 Å². The first kappa shape index (κ1) is 17.7. The third-order valence-corrected chi connectivity index (χ3v) is 5.35. The fourth-order valence-electron chi connectivity index (χ4n) is 4.08. The third-order valence-electron chi connectivity index (χ3n) is 5.35. The highest BCUT2D eigenvalue weighted by Crippen LogP contribution is 2.68. The van der Waals surface area contributed by atoms with E-state index in [1.165, 1.54) is 6.07 Å². The first-order valence-electron chi connectivity index (χ1n) is 8.03. The van der Waals surface area contributed by atoms with E-state index in [0.29, 0.717) is 0 Å². The van der Waals surface area contributed by atoms with Gasteiger partial charge in [-0.1, -0.05) is 0 Å². The molecule has 0 unspecified atom stereocenters.